The molecule has 0 amide bonds. The minimum atomic E-state index is 0.644. The maximum absolute atomic E-state index is 5.16. The van der Waals surface area contributed by atoms with E-state index in [0.29, 0.717) is 6.61 Å². The lowest BCUT2D eigenvalue weighted by molar-refractivity contribution is 0.200. The van der Waals surface area contributed by atoms with Crippen LogP contribution in [0.2, 0.25) is 0 Å². The van der Waals surface area contributed by atoms with Crippen LogP contribution in [0.1, 0.15) is 11.4 Å². The molecule has 1 aromatic carbocycles. The summed E-state index contributed by atoms with van der Waals surface area (Å²) in [6.45, 7) is 1.40. The molecule has 0 aliphatic rings. The van der Waals surface area contributed by atoms with Gasteiger partial charge in [0.25, 0.3) is 0 Å². The van der Waals surface area contributed by atoms with Crippen LogP contribution in [0.3, 0.4) is 0 Å². The number of ether oxygens (including phenoxy) is 1. The van der Waals surface area contributed by atoms with Crippen LogP contribution in [-0.2, 0) is 17.7 Å². The predicted molar refractivity (Wildman–Crippen MR) is 76.4 cm³/mol. The zero-order valence-corrected chi connectivity index (χ0v) is 11.4. The predicted octanol–water partition coefficient (Wildman–Crippen LogP) is 2.06. The van der Waals surface area contributed by atoms with Crippen LogP contribution < -0.4 is 0 Å². The van der Waals surface area contributed by atoms with E-state index in [1.54, 1.807) is 19.6 Å². The standard InChI is InChI=1S/C15H16N4O/c1-20-8-7-14-18-13-9-16-11-17-15(13)19(14)10-12-5-3-2-4-6-12/h2-6,9,11H,7-8,10H2,1H3. The zero-order chi connectivity index (χ0) is 13.8. The van der Waals surface area contributed by atoms with E-state index in [-0.39, 0.29) is 0 Å². The average Bonchev–Trinajstić information content (AvgIpc) is 2.84. The van der Waals surface area contributed by atoms with Crippen molar-refractivity contribution in [3.63, 3.8) is 0 Å². The summed E-state index contributed by atoms with van der Waals surface area (Å²) in [7, 11) is 1.70. The highest BCUT2D eigenvalue weighted by atomic mass is 16.5. The van der Waals surface area contributed by atoms with Gasteiger partial charge in [-0.15, -0.1) is 0 Å². The highest BCUT2D eigenvalue weighted by Gasteiger charge is 2.11. The molecule has 0 radical (unpaired) electrons. The number of nitrogens with zero attached hydrogens (tertiary/aromatic N) is 4. The number of imidazole rings is 1. The first-order chi connectivity index (χ1) is 9.88. The van der Waals surface area contributed by atoms with Crippen LogP contribution in [0.15, 0.2) is 42.9 Å². The first-order valence-electron chi connectivity index (χ1n) is 6.56. The molecule has 0 atom stereocenters. The molecule has 0 unspecified atom stereocenters. The molecule has 0 saturated carbocycles. The molecule has 5 heteroatoms. The Morgan fingerprint density at radius 2 is 2.05 bits per heavy atom. The van der Waals surface area contributed by atoms with Gasteiger partial charge in [0.1, 0.15) is 17.7 Å². The number of hydrogen-bond donors (Lipinski definition) is 0. The fraction of sp³-hybridized carbons (Fsp3) is 0.267. The molecule has 0 saturated heterocycles. The maximum Gasteiger partial charge on any atom is 0.163 e. The van der Waals surface area contributed by atoms with E-state index in [0.717, 1.165) is 30.0 Å². The Kier molecular flexibility index (Phi) is 3.69. The quantitative estimate of drug-likeness (QED) is 0.710. The van der Waals surface area contributed by atoms with Crippen LogP contribution in [0.4, 0.5) is 0 Å². The van der Waals surface area contributed by atoms with E-state index in [1.807, 2.05) is 18.2 Å². The Balaban J connectivity index is 2.01. The topological polar surface area (TPSA) is 52.8 Å². The summed E-state index contributed by atoms with van der Waals surface area (Å²) in [5.74, 6) is 0.978. The lowest BCUT2D eigenvalue weighted by Gasteiger charge is -2.08. The maximum atomic E-state index is 5.16. The third-order valence-corrected chi connectivity index (χ3v) is 3.20. The summed E-state index contributed by atoms with van der Waals surface area (Å²) in [6.07, 6.45) is 4.07. The van der Waals surface area contributed by atoms with Crippen molar-refractivity contribution in [2.45, 2.75) is 13.0 Å². The number of fused-ring (bicyclic) bond motifs is 1. The Hall–Kier alpha value is -2.27. The monoisotopic (exact) mass is 268 g/mol. The van der Waals surface area contributed by atoms with Crippen molar-refractivity contribution < 1.29 is 4.74 Å². The number of hydrogen-bond acceptors (Lipinski definition) is 4. The van der Waals surface area contributed by atoms with Crippen molar-refractivity contribution in [3.8, 4) is 0 Å². The number of benzene rings is 1. The van der Waals surface area contributed by atoms with Crippen LogP contribution in [0, 0.1) is 0 Å². The minimum Gasteiger partial charge on any atom is -0.384 e. The molecule has 102 valence electrons. The van der Waals surface area contributed by atoms with Gasteiger partial charge in [-0.25, -0.2) is 15.0 Å². The summed E-state index contributed by atoms with van der Waals surface area (Å²) in [6, 6.07) is 10.3. The first-order valence-corrected chi connectivity index (χ1v) is 6.56. The third kappa shape index (κ3) is 2.53. The molecule has 2 aromatic heterocycles. The van der Waals surface area contributed by atoms with E-state index < -0.39 is 0 Å². The van der Waals surface area contributed by atoms with Crippen LogP contribution >= 0.6 is 0 Å². The van der Waals surface area contributed by atoms with Crippen molar-refractivity contribution in [2.24, 2.45) is 0 Å². The molecule has 0 fully saturated rings. The second kappa shape index (κ2) is 5.79. The van der Waals surface area contributed by atoms with Gasteiger partial charge in [0.15, 0.2) is 5.65 Å². The van der Waals surface area contributed by atoms with Crippen molar-refractivity contribution in [2.75, 3.05) is 13.7 Å². The molecule has 3 aromatic rings. The summed E-state index contributed by atoms with van der Waals surface area (Å²) in [4.78, 5) is 13.0. The molecule has 0 aliphatic carbocycles. The summed E-state index contributed by atoms with van der Waals surface area (Å²) >= 11 is 0. The van der Waals surface area contributed by atoms with Gasteiger partial charge in [0, 0.05) is 13.5 Å². The molecule has 3 rings (SSSR count). The van der Waals surface area contributed by atoms with Crippen molar-refractivity contribution in [3.05, 3.63) is 54.2 Å². The largest absolute Gasteiger partial charge is 0.384 e. The molecular weight excluding hydrogens is 252 g/mol. The van der Waals surface area contributed by atoms with Gasteiger partial charge in [-0.3, -0.25) is 0 Å². The molecule has 5 nitrogen and oxygen atoms in total. The second-order valence-corrected chi connectivity index (χ2v) is 4.57. The van der Waals surface area contributed by atoms with Gasteiger partial charge < -0.3 is 9.30 Å². The second-order valence-electron chi connectivity index (χ2n) is 4.57. The summed E-state index contributed by atoms with van der Waals surface area (Å²) in [5.41, 5.74) is 2.92. The van der Waals surface area contributed by atoms with Crippen LogP contribution in [0.5, 0.6) is 0 Å². The molecule has 0 aliphatic heterocycles. The van der Waals surface area contributed by atoms with Gasteiger partial charge in [-0.05, 0) is 5.56 Å². The van der Waals surface area contributed by atoms with Crippen molar-refractivity contribution in [1.29, 1.82) is 0 Å². The zero-order valence-electron chi connectivity index (χ0n) is 11.4. The van der Waals surface area contributed by atoms with E-state index >= 15 is 0 Å². The van der Waals surface area contributed by atoms with Gasteiger partial charge in [-0.2, -0.15) is 0 Å². The fourth-order valence-corrected chi connectivity index (χ4v) is 2.24. The smallest absolute Gasteiger partial charge is 0.163 e. The van der Waals surface area contributed by atoms with E-state index in [4.69, 9.17) is 4.74 Å². The van der Waals surface area contributed by atoms with E-state index in [9.17, 15) is 0 Å². The Bertz CT molecular complexity index is 693. The molecule has 0 spiro atoms. The Labute approximate surface area is 117 Å². The normalized spacial score (nSPS) is 11.1. The summed E-state index contributed by atoms with van der Waals surface area (Å²) < 4.78 is 7.29. The van der Waals surface area contributed by atoms with E-state index in [1.165, 1.54) is 5.56 Å². The van der Waals surface area contributed by atoms with Crippen molar-refractivity contribution >= 4 is 11.2 Å². The molecule has 2 heterocycles. The van der Waals surface area contributed by atoms with Gasteiger partial charge in [0.05, 0.1) is 19.3 Å². The Morgan fingerprint density at radius 1 is 1.20 bits per heavy atom. The van der Waals surface area contributed by atoms with Crippen molar-refractivity contribution in [1.82, 2.24) is 19.5 Å². The SMILES string of the molecule is COCCc1nc2cncnc2n1Cc1ccccc1. The molecule has 0 bridgehead atoms. The minimum absolute atomic E-state index is 0.644. The average molecular weight is 268 g/mol. The number of methoxy groups -OCH3 is 1. The first kappa shape index (κ1) is 12.7. The molecule has 20 heavy (non-hydrogen) atoms. The van der Waals surface area contributed by atoms with Gasteiger partial charge in [-0.1, -0.05) is 30.3 Å². The van der Waals surface area contributed by atoms with Crippen LogP contribution in [0.25, 0.3) is 11.2 Å². The highest BCUT2D eigenvalue weighted by molar-refractivity contribution is 5.70. The lowest BCUT2D eigenvalue weighted by atomic mass is 10.2. The summed E-state index contributed by atoms with van der Waals surface area (Å²) in [5, 5.41) is 0. The fourth-order valence-electron chi connectivity index (χ4n) is 2.24. The Morgan fingerprint density at radius 3 is 2.85 bits per heavy atom. The lowest BCUT2D eigenvalue weighted by Crippen LogP contribution is -2.08. The molecular formula is C15H16N4O. The van der Waals surface area contributed by atoms with Gasteiger partial charge in [0.2, 0.25) is 0 Å². The van der Waals surface area contributed by atoms with Gasteiger partial charge >= 0.3 is 0 Å². The third-order valence-electron chi connectivity index (χ3n) is 3.20. The van der Waals surface area contributed by atoms with Crippen LogP contribution in [-0.4, -0.2) is 33.2 Å². The van der Waals surface area contributed by atoms with E-state index in [2.05, 4.69) is 31.7 Å². The number of rotatable bonds is 5. The highest BCUT2D eigenvalue weighted by Crippen LogP contribution is 2.15. The molecule has 0 N–H and O–H groups in total. The number of aromatic nitrogens is 4.